The lowest BCUT2D eigenvalue weighted by molar-refractivity contribution is 0.114. The number of hydrazine groups is 1. The van der Waals surface area contributed by atoms with Crippen molar-refractivity contribution in [1.82, 2.24) is 20.7 Å². The molecule has 178 valence electrons. The zero-order valence-corrected chi connectivity index (χ0v) is 20.2. The van der Waals surface area contributed by atoms with Gasteiger partial charge in [0.25, 0.3) is 0 Å². The van der Waals surface area contributed by atoms with Crippen LogP contribution in [0.4, 0.5) is 11.4 Å². The van der Waals surface area contributed by atoms with Crippen molar-refractivity contribution >= 4 is 21.2 Å². The number of rotatable bonds is 5. The third-order valence-electron chi connectivity index (χ3n) is 7.03. The van der Waals surface area contributed by atoms with E-state index in [2.05, 4.69) is 62.2 Å². The summed E-state index contributed by atoms with van der Waals surface area (Å²) in [5.41, 5.74) is 7.09. The van der Waals surface area contributed by atoms with Crippen molar-refractivity contribution in [1.29, 1.82) is 0 Å². The molecule has 9 heteroatoms. The minimum Gasteiger partial charge on any atom is -0.369 e. The van der Waals surface area contributed by atoms with Crippen molar-refractivity contribution in [3.8, 4) is 0 Å². The third kappa shape index (κ3) is 5.02. The van der Waals surface area contributed by atoms with Gasteiger partial charge in [-0.3, -0.25) is 5.32 Å². The lowest BCUT2D eigenvalue weighted by atomic mass is 9.88. The number of hydrogen-bond donors (Lipinski definition) is 3. The van der Waals surface area contributed by atoms with E-state index in [1.165, 1.54) is 17.5 Å². The first-order valence-corrected chi connectivity index (χ1v) is 13.6. The van der Waals surface area contributed by atoms with E-state index in [0.717, 1.165) is 51.3 Å². The highest BCUT2D eigenvalue weighted by atomic mass is 32.2. The molecule has 5 rings (SSSR count). The molecule has 0 bridgehead atoms. The molecule has 3 unspecified atom stereocenters. The van der Waals surface area contributed by atoms with E-state index in [1.807, 2.05) is 12.1 Å². The van der Waals surface area contributed by atoms with E-state index >= 15 is 0 Å². The van der Waals surface area contributed by atoms with Crippen LogP contribution in [0, 0.1) is 0 Å². The van der Waals surface area contributed by atoms with Crippen LogP contribution in [0.2, 0.25) is 0 Å². The second-order valence-corrected chi connectivity index (χ2v) is 11.5. The van der Waals surface area contributed by atoms with E-state index in [4.69, 9.17) is 0 Å². The van der Waals surface area contributed by atoms with Gasteiger partial charge < -0.3 is 15.1 Å². The molecule has 0 aromatic heterocycles. The molecule has 33 heavy (non-hydrogen) atoms. The predicted octanol–water partition coefficient (Wildman–Crippen LogP) is 1.85. The van der Waals surface area contributed by atoms with E-state index < -0.39 is 9.84 Å². The van der Waals surface area contributed by atoms with Gasteiger partial charge in [-0.1, -0.05) is 18.2 Å². The van der Waals surface area contributed by atoms with Crippen LogP contribution in [0.5, 0.6) is 0 Å². The van der Waals surface area contributed by atoms with Gasteiger partial charge in [0.1, 0.15) is 6.29 Å². The normalized spacial score (nSPS) is 26.8. The zero-order valence-electron chi connectivity index (χ0n) is 19.4. The molecule has 2 aromatic rings. The summed E-state index contributed by atoms with van der Waals surface area (Å²) in [7, 11) is -1.00. The fourth-order valence-electron chi connectivity index (χ4n) is 5.13. The van der Waals surface area contributed by atoms with Crippen molar-refractivity contribution in [3.05, 3.63) is 54.1 Å². The van der Waals surface area contributed by atoms with Gasteiger partial charge >= 0.3 is 0 Å². The van der Waals surface area contributed by atoms with Gasteiger partial charge in [0, 0.05) is 56.3 Å². The topological polar surface area (TPSA) is 80.0 Å². The highest BCUT2D eigenvalue weighted by Crippen LogP contribution is 2.33. The monoisotopic (exact) mass is 470 g/mol. The van der Waals surface area contributed by atoms with Crippen LogP contribution in [0.15, 0.2) is 53.4 Å². The van der Waals surface area contributed by atoms with Crippen molar-refractivity contribution in [2.45, 2.75) is 36.1 Å². The molecule has 0 spiro atoms. The summed E-state index contributed by atoms with van der Waals surface area (Å²) in [5.74, 6) is 0.295. The van der Waals surface area contributed by atoms with Crippen LogP contribution in [0.3, 0.4) is 0 Å². The third-order valence-corrected chi connectivity index (χ3v) is 8.15. The number of nitrogens with one attached hydrogen (secondary N) is 3. The number of hydrogen-bond acceptors (Lipinski definition) is 8. The molecule has 0 aliphatic carbocycles. The fourth-order valence-corrected chi connectivity index (χ4v) is 5.76. The molecule has 3 aliphatic rings. The maximum Gasteiger partial charge on any atom is 0.175 e. The molecular weight excluding hydrogens is 436 g/mol. The molecule has 0 amide bonds. The summed E-state index contributed by atoms with van der Waals surface area (Å²) in [5, 5.41) is 9.59. The van der Waals surface area contributed by atoms with Crippen LogP contribution in [0.25, 0.3) is 0 Å². The Morgan fingerprint density at radius 3 is 2.48 bits per heavy atom. The molecule has 0 radical (unpaired) electrons. The van der Waals surface area contributed by atoms with Crippen LogP contribution >= 0.6 is 0 Å². The molecule has 3 aliphatic heterocycles. The Labute approximate surface area is 196 Å². The smallest absolute Gasteiger partial charge is 0.175 e. The Bertz CT molecular complexity index is 1070. The second kappa shape index (κ2) is 9.23. The first kappa shape index (κ1) is 22.6. The van der Waals surface area contributed by atoms with Gasteiger partial charge in [0.15, 0.2) is 9.84 Å². The Hall–Kier alpha value is -2.17. The van der Waals surface area contributed by atoms with Crippen molar-refractivity contribution in [2.75, 3.05) is 56.2 Å². The SMILES string of the molecule is CN1CCN(c2cccc(NC3NC4C(c5ccc(S(C)(=O)=O)cc5)CCCN4N3)c2)CC1. The number of piperidine rings is 1. The summed E-state index contributed by atoms with van der Waals surface area (Å²) in [6.45, 7) is 5.26. The highest BCUT2D eigenvalue weighted by Gasteiger charge is 2.39. The maximum atomic E-state index is 11.8. The van der Waals surface area contributed by atoms with Crippen LogP contribution in [-0.4, -0.2) is 76.8 Å². The summed E-state index contributed by atoms with van der Waals surface area (Å²) in [4.78, 5) is 5.18. The quantitative estimate of drug-likeness (QED) is 0.611. The van der Waals surface area contributed by atoms with E-state index in [9.17, 15) is 8.42 Å². The van der Waals surface area contributed by atoms with Gasteiger partial charge in [-0.15, -0.1) is 0 Å². The summed E-state index contributed by atoms with van der Waals surface area (Å²) in [6.07, 6.45) is 3.51. The van der Waals surface area contributed by atoms with Crippen LogP contribution in [-0.2, 0) is 9.84 Å². The van der Waals surface area contributed by atoms with E-state index in [1.54, 1.807) is 12.1 Å². The van der Waals surface area contributed by atoms with Crippen molar-refractivity contribution in [3.63, 3.8) is 0 Å². The predicted molar refractivity (Wildman–Crippen MR) is 132 cm³/mol. The van der Waals surface area contributed by atoms with Crippen molar-refractivity contribution < 1.29 is 8.42 Å². The van der Waals surface area contributed by atoms with Gasteiger partial charge in [0.05, 0.1) is 11.1 Å². The lowest BCUT2D eigenvalue weighted by Crippen LogP contribution is -2.47. The lowest BCUT2D eigenvalue weighted by Gasteiger charge is -2.35. The number of sulfone groups is 1. The van der Waals surface area contributed by atoms with Gasteiger partial charge in [-0.05, 0) is 55.8 Å². The number of anilines is 2. The Morgan fingerprint density at radius 2 is 1.76 bits per heavy atom. The van der Waals surface area contributed by atoms with Gasteiger partial charge in [-0.2, -0.15) is 0 Å². The molecule has 3 atom stereocenters. The van der Waals surface area contributed by atoms with Crippen molar-refractivity contribution in [2.24, 2.45) is 0 Å². The molecule has 8 nitrogen and oxygen atoms in total. The summed E-state index contributed by atoms with van der Waals surface area (Å²) in [6, 6.07) is 16.0. The van der Waals surface area contributed by atoms with E-state index in [-0.39, 0.29) is 12.5 Å². The molecule has 3 fully saturated rings. The number of likely N-dealkylation sites (N-methyl/N-ethyl adjacent to an activating group) is 1. The Balaban J connectivity index is 1.26. The zero-order chi connectivity index (χ0) is 23.0. The highest BCUT2D eigenvalue weighted by molar-refractivity contribution is 7.90. The maximum absolute atomic E-state index is 11.8. The minimum absolute atomic E-state index is 0.0615. The minimum atomic E-state index is -3.18. The number of nitrogens with zero attached hydrogens (tertiary/aromatic N) is 3. The second-order valence-electron chi connectivity index (χ2n) is 9.44. The van der Waals surface area contributed by atoms with Gasteiger partial charge in [0.2, 0.25) is 0 Å². The van der Waals surface area contributed by atoms with Crippen LogP contribution in [0.1, 0.15) is 24.3 Å². The van der Waals surface area contributed by atoms with Gasteiger partial charge in [-0.25, -0.2) is 18.9 Å². The molecule has 2 aromatic carbocycles. The molecule has 3 N–H and O–H groups in total. The Kier molecular flexibility index (Phi) is 6.32. The number of fused-ring (bicyclic) bond motifs is 1. The number of piperazine rings is 1. The molecule has 3 heterocycles. The molecule has 3 saturated heterocycles. The Morgan fingerprint density at radius 1 is 1.00 bits per heavy atom. The fraction of sp³-hybridized carbons (Fsp3) is 0.500. The largest absolute Gasteiger partial charge is 0.369 e. The van der Waals surface area contributed by atoms with Crippen LogP contribution < -0.4 is 21.0 Å². The summed E-state index contributed by atoms with van der Waals surface area (Å²) < 4.78 is 23.6. The molecular formula is C24H34N6O2S. The van der Waals surface area contributed by atoms with E-state index in [0.29, 0.717) is 10.8 Å². The standard InChI is InChI=1S/C24H34N6O2S/c1-28-13-15-29(16-14-28)20-6-3-5-19(17-20)25-24-26-23-22(7-4-12-30(23)27-24)18-8-10-21(11-9-18)33(2,31)32/h3,5-6,8-11,17,22-27H,4,7,12-16H2,1-2H3. The average Bonchev–Trinajstić information content (AvgIpc) is 3.22. The average molecular weight is 471 g/mol. The first-order chi connectivity index (χ1) is 15.9. The first-order valence-electron chi connectivity index (χ1n) is 11.8. The number of benzene rings is 2. The summed E-state index contributed by atoms with van der Waals surface area (Å²) >= 11 is 0. The molecule has 0 saturated carbocycles.